The average molecular weight is 415 g/mol. The molecule has 6 nitrogen and oxygen atoms in total. The summed E-state index contributed by atoms with van der Waals surface area (Å²) in [5.41, 5.74) is 2.34. The number of hydrogen-bond donors (Lipinski definition) is 2. The van der Waals surface area contributed by atoms with E-state index in [1.165, 1.54) is 0 Å². The van der Waals surface area contributed by atoms with Gasteiger partial charge >= 0.3 is 6.03 Å². The van der Waals surface area contributed by atoms with E-state index in [0.29, 0.717) is 17.4 Å². The van der Waals surface area contributed by atoms with Gasteiger partial charge in [-0.3, -0.25) is 0 Å². The minimum atomic E-state index is -0.220. The van der Waals surface area contributed by atoms with Gasteiger partial charge in [0.1, 0.15) is 0 Å². The predicted octanol–water partition coefficient (Wildman–Crippen LogP) is 5.09. The van der Waals surface area contributed by atoms with Crippen molar-refractivity contribution < 1.29 is 9.32 Å². The summed E-state index contributed by atoms with van der Waals surface area (Å²) in [4.78, 5) is 16.3. The third-order valence-electron chi connectivity index (χ3n) is 3.92. The second-order valence-electron chi connectivity index (χ2n) is 5.89. The number of carbonyl (C=O) groups is 1. The first-order valence-electron chi connectivity index (χ1n) is 8.33. The van der Waals surface area contributed by atoms with Crippen molar-refractivity contribution in [3.8, 4) is 22.8 Å². The van der Waals surface area contributed by atoms with Gasteiger partial charge in [0.25, 0.3) is 5.89 Å². The zero-order valence-corrected chi connectivity index (χ0v) is 16.1. The molecular weight excluding hydrogens is 396 g/mol. The first-order chi connectivity index (χ1) is 12.6. The Bertz CT molecular complexity index is 893. The van der Waals surface area contributed by atoms with E-state index in [-0.39, 0.29) is 12.1 Å². The highest BCUT2D eigenvalue weighted by molar-refractivity contribution is 9.10. The lowest BCUT2D eigenvalue weighted by atomic mass is 10.2. The highest BCUT2D eigenvalue weighted by Gasteiger charge is 2.13. The monoisotopic (exact) mass is 414 g/mol. The van der Waals surface area contributed by atoms with Crippen LogP contribution in [0.4, 0.5) is 10.5 Å². The molecule has 0 saturated heterocycles. The van der Waals surface area contributed by atoms with Crippen molar-refractivity contribution in [2.75, 3.05) is 5.32 Å². The highest BCUT2D eigenvalue weighted by Crippen LogP contribution is 2.28. The second kappa shape index (κ2) is 8.14. The van der Waals surface area contributed by atoms with E-state index in [2.05, 4.69) is 36.7 Å². The summed E-state index contributed by atoms with van der Waals surface area (Å²) in [6, 6.07) is 14.9. The predicted molar refractivity (Wildman–Crippen MR) is 105 cm³/mol. The Balaban J connectivity index is 1.71. The topological polar surface area (TPSA) is 80.0 Å². The summed E-state index contributed by atoms with van der Waals surface area (Å²) in [5.74, 6) is 0.939. The summed E-state index contributed by atoms with van der Waals surface area (Å²) < 4.78 is 6.26. The molecule has 3 rings (SSSR count). The quantitative estimate of drug-likeness (QED) is 0.609. The van der Waals surface area contributed by atoms with Crippen molar-refractivity contribution in [2.45, 2.75) is 26.3 Å². The van der Waals surface area contributed by atoms with E-state index in [4.69, 9.17) is 4.52 Å². The lowest BCUT2D eigenvalue weighted by Crippen LogP contribution is -2.35. The molecule has 0 radical (unpaired) electrons. The molecule has 26 heavy (non-hydrogen) atoms. The summed E-state index contributed by atoms with van der Waals surface area (Å²) in [7, 11) is 0. The Hall–Kier alpha value is -2.67. The van der Waals surface area contributed by atoms with Gasteiger partial charge in [0.15, 0.2) is 0 Å². The second-order valence-corrected chi connectivity index (χ2v) is 6.74. The smallest absolute Gasteiger partial charge is 0.319 e. The van der Waals surface area contributed by atoms with E-state index < -0.39 is 0 Å². The van der Waals surface area contributed by atoms with Crippen LogP contribution in [-0.4, -0.2) is 22.2 Å². The molecule has 2 N–H and O–H groups in total. The van der Waals surface area contributed by atoms with Gasteiger partial charge in [0, 0.05) is 21.8 Å². The van der Waals surface area contributed by atoms with Gasteiger partial charge in [-0.15, -0.1) is 0 Å². The minimum absolute atomic E-state index is 0.129. The van der Waals surface area contributed by atoms with Crippen LogP contribution >= 0.6 is 15.9 Å². The first-order valence-corrected chi connectivity index (χ1v) is 9.12. The van der Waals surface area contributed by atoms with Gasteiger partial charge in [-0.25, -0.2) is 4.79 Å². The van der Waals surface area contributed by atoms with Crippen molar-refractivity contribution in [3.63, 3.8) is 0 Å². The molecule has 0 bridgehead atoms. The molecule has 2 aromatic carbocycles. The summed E-state index contributed by atoms with van der Waals surface area (Å²) in [6.07, 6.45) is 0.879. The maximum Gasteiger partial charge on any atom is 0.319 e. The van der Waals surface area contributed by atoms with Crippen LogP contribution in [0, 0.1) is 0 Å². The SMILES string of the molecule is CC[C@H](C)NC(=O)Nc1ccc(-c2noc(-c3ccccc3Br)n2)cc1. The van der Waals surface area contributed by atoms with E-state index in [0.717, 1.165) is 22.0 Å². The molecule has 134 valence electrons. The Kier molecular flexibility index (Phi) is 5.68. The van der Waals surface area contributed by atoms with Gasteiger partial charge in [-0.2, -0.15) is 4.98 Å². The van der Waals surface area contributed by atoms with E-state index in [1.54, 1.807) is 12.1 Å². The summed E-state index contributed by atoms with van der Waals surface area (Å²) in [5, 5.41) is 9.70. The molecule has 2 amide bonds. The van der Waals surface area contributed by atoms with Crippen LogP contribution in [0.2, 0.25) is 0 Å². The normalized spacial score (nSPS) is 11.8. The van der Waals surface area contributed by atoms with Crippen molar-refractivity contribution in [2.24, 2.45) is 0 Å². The largest absolute Gasteiger partial charge is 0.335 e. The number of aromatic nitrogens is 2. The summed E-state index contributed by atoms with van der Waals surface area (Å²) in [6.45, 7) is 3.98. The number of rotatable bonds is 5. The number of nitrogens with one attached hydrogen (secondary N) is 2. The highest BCUT2D eigenvalue weighted by atomic mass is 79.9. The molecule has 1 atom stereocenters. The van der Waals surface area contributed by atoms with Crippen LogP contribution in [0.1, 0.15) is 20.3 Å². The molecule has 0 fully saturated rings. The van der Waals surface area contributed by atoms with E-state index in [9.17, 15) is 4.79 Å². The van der Waals surface area contributed by atoms with Crippen molar-refractivity contribution in [1.29, 1.82) is 0 Å². The fraction of sp³-hybridized carbons (Fsp3) is 0.211. The molecule has 0 aliphatic carbocycles. The number of amides is 2. The number of anilines is 1. The number of benzene rings is 2. The number of hydrogen-bond acceptors (Lipinski definition) is 4. The molecule has 0 aliphatic heterocycles. The molecule has 1 heterocycles. The Morgan fingerprint density at radius 1 is 1.19 bits per heavy atom. The molecule has 7 heteroatoms. The van der Waals surface area contributed by atoms with Gasteiger partial charge in [-0.1, -0.05) is 24.2 Å². The van der Waals surface area contributed by atoms with Crippen LogP contribution in [0.25, 0.3) is 22.8 Å². The van der Waals surface area contributed by atoms with Gasteiger partial charge in [0.05, 0.1) is 5.56 Å². The van der Waals surface area contributed by atoms with E-state index in [1.807, 2.05) is 50.2 Å². The maximum atomic E-state index is 11.9. The summed E-state index contributed by atoms with van der Waals surface area (Å²) >= 11 is 3.48. The lowest BCUT2D eigenvalue weighted by Gasteiger charge is -2.12. The Labute approximate surface area is 160 Å². The third-order valence-corrected chi connectivity index (χ3v) is 4.61. The number of nitrogens with zero attached hydrogens (tertiary/aromatic N) is 2. The molecule has 0 aliphatic rings. The number of urea groups is 1. The Morgan fingerprint density at radius 2 is 1.92 bits per heavy atom. The fourth-order valence-electron chi connectivity index (χ4n) is 2.28. The third kappa shape index (κ3) is 4.29. The van der Waals surface area contributed by atoms with Crippen LogP contribution in [-0.2, 0) is 0 Å². The minimum Gasteiger partial charge on any atom is -0.335 e. The van der Waals surface area contributed by atoms with Gasteiger partial charge < -0.3 is 15.2 Å². The Morgan fingerprint density at radius 3 is 2.62 bits per heavy atom. The average Bonchev–Trinajstić information content (AvgIpc) is 3.12. The van der Waals surface area contributed by atoms with Crippen molar-refractivity contribution in [3.05, 3.63) is 53.0 Å². The van der Waals surface area contributed by atoms with Crippen molar-refractivity contribution >= 4 is 27.6 Å². The van der Waals surface area contributed by atoms with Gasteiger partial charge in [0.2, 0.25) is 5.82 Å². The van der Waals surface area contributed by atoms with Crippen LogP contribution < -0.4 is 10.6 Å². The van der Waals surface area contributed by atoms with Crippen molar-refractivity contribution in [1.82, 2.24) is 15.5 Å². The zero-order valence-electron chi connectivity index (χ0n) is 14.5. The maximum absolute atomic E-state index is 11.9. The van der Waals surface area contributed by atoms with Crippen LogP contribution in [0.3, 0.4) is 0 Å². The van der Waals surface area contributed by atoms with E-state index >= 15 is 0 Å². The molecule has 0 unspecified atom stereocenters. The number of halogens is 1. The molecule has 3 aromatic rings. The molecule has 0 spiro atoms. The molecular formula is C19H19BrN4O2. The number of carbonyl (C=O) groups excluding carboxylic acids is 1. The zero-order chi connectivity index (χ0) is 18.5. The standard InChI is InChI=1S/C19H19BrN4O2/c1-3-12(2)21-19(25)22-14-10-8-13(9-11-14)17-23-18(26-24-17)15-6-4-5-7-16(15)20/h4-12H,3H2,1-2H3,(H2,21,22,25)/t12-/m0/s1. The first kappa shape index (κ1) is 18.1. The fourth-order valence-corrected chi connectivity index (χ4v) is 2.73. The lowest BCUT2D eigenvalue weighted by molar-refractivity contribution is 0.249. The van der Waals surface area contributed by atoms with Gasteiger partial charge in [-0.05, 0) is 65.7 Å². The molecule has 0 saturated carbocycles. The molecule has 1 aromatic heterocycles. The van der Waals surface area contributed by atoms with Crippen LogP contribution in [0.5, 0.6) is 0 Å². The van der Waals surface area contributed by atoms with Crippen LogP contribution in [0.15, 0.2) is 57.5 Å².